The lowest BCUT2D eigenvalue weighted by atomic mass is 9.78. The van der Waals surface area contributed by atoms with Gasteiger partial charge in [0.05, 0.1) is 18.6 Å². The number of methoxy groups -OCH3 is 1. The third-order valence-corrected chi connectivity index (χ3v) is 8.78. The molecule has 2 aliphatic heterocycles. The molecule has 0 saturated carbocycles. The molecule has 0 radical (unpaired) electrons. The predicted octanol–water partition coefficient (Wildman–Crippen LogP) is 5.59. The van der Waals surface area contributed by atoms with Gasteiger partial charge in [0.25, 0.3) is 5.91 Å². The van der Waals surface area contributed by atoms with Gasteiger partial charge in [0.2, 0.25) is 5.91 Å². The van der Waals surface area contributed by atoms with Crippen LogP contribution in [0.3, 0.4) is 0 Å². The molecule has 2 amide bonds. The molecular formula is C34H37N3O3. The maximum Gasteiger partial charge on any atom is 0.254 e. The van der Waals surface area contributed by atoms with Gasteiger partial charge in [0, 0.05) is 62.0 Å². The number of hydrogen-bond acceptors (Lipinski definition) is 3. The highest BCUT2D eigenvalue weighted by molar-refractivity contribution is 6.02. The monoisotopic (exact) mass is 535 g/mol. The van der Waals surface area contributed by atoms with Crippen molar-refractivity contribution in [1.82, 2.24) is 14.4 Å². The van der Waals surface area contributed by atoms with Gasteiger partial charge in [-0.15, -0.1) is 0 Å². The minimum Gasteiger partial charge on any atom is -0.383 e. The summed E-state index contributed by atoms with van der Waals surface area (Å²) in [7, 11) is 3.68. The molecule has 0 aliphatic carbocycles. The molecule has 206 valence electrons. The van der Waals surface area contributed by atoms with Gasteiger partial charge in [0.1, 0.15) is 0 Å². The zero-order valence-corrected chi connectivity index (χ0v) is 23.3. The number of aryl methyl sites for hydroxylation is 1. The Morgan fingerprint density at radius 2 is 1.60 bits per heavy atom. The zero-order valence-electron chi connectivity index (χ0n) is 23.3. The number of para-hydroxylation sites is 1. The summed E-state index contributed by atoms with van der Waals surface area (Å²) in [5.74, 6) is 0.149. The van der Waals surface area contributed by atoms with Gasteiger partial charge in [-0.2, -0.15) is 0 Å². The summed E-state index contributed by atoms with van der Waals surface area (Å²) in [5, 5.41) is 1.07. The van der Waals surface area contributed by atoms with Crippen LogP contribution in [0.25, 0.3) is 10.9 Å². The van der Waals surface area contributed by atoms with Gasteiger partial charge in [0.15, 0.2) is 0 Å². The molecule has 2 atom stereocenters. The van der Waals surface area contributed by atoms with Crippen molar-refractivity contribution in [2.75, 3.05) is 33.4 Å². The first kappa shape index (κ1) is 26.3. The van der Waals surface area contributed by atoms with E-state index in [1.807, 2.05) is 53.2 Å². The molecule has 2 unspecified atom stereocenters. The van der Waals surface area contributed by atoms with Crippen LogP contribution in [0.4, 0.5) is 0 Å². The number of carbonyl (C=O) groups excluding carboxylic acids is 2. The molecular weight excluding hydrogens is 498 g/mol. The number of carbonyl (C=O) groups is 2. The number of hydrogen-bond donors (Lipinski definition) is 0. The van der Waals surface area contributed by atoms with Crippen LogP contribution < -0.4 is 0 Å². The Morgan fingerprint density at radius 1 is 0.900 bits per heavy atom. The second kappa shape index (κ2) is 11.3. The number of nitrogens with zero attached hydrogens (tertiary/aromatic N) is 3. The molecule has 2 aliphatic rings. The standard InChI is InChI=1S/C34H37N3O3/c1-35-23-29(26-12-8-9-15-30(26)35)32-31(27-13-6-7-14-28(27)33(38)37(32)20-21-40-2)34(39)36-18-16-25(17-19-36)22-24-10-4-3-5-11-24/h3-15,23,25,31-32H,16-22H2,1-2H3. The van der Waals surface area contributed by atoms with Crippen molar-refractivity contribution in [2.45, 2.75) is 31.2 Å². The highest BCUT2D eigenvalue weighted by Gasteiger charge is 2.46. The minimum absolute atomic E-state index is 0.0452. The first-order valence-electron chi connectivity index (χ1n) is 14.3. The van der Waals surface area contributed by atoms with Crippen molar-refractivity contribution < 1.29 is 14.3 Å². The van der Waals surface area contributed by atoms with Gasteiger partial charge >= 0.3 is 0 Å². The quantitative estimate of drug-likeness (QED) is 0.310. The van der Waals surface area contributed by atoms with Crippen molar-refractivity contribution in [1.29, 1.82) is 0 Å². The number of aromatic nitrogens is 1. The maximum atomic E-state index is 14.6. The smallest absolute Gasteiger partial charge is 0.254 e. The fourth-order valence-corrected chi connectivity index (χ4v) is 6.75. The van der Waals surface area contributed by atoms with Crippen LogP contribution in [-0.2, 0) is 23.0 Å². The molecule has 3 aromatic carbocycles. The van der Waals surface area contributed by atoms with E-state index < -0.39 is 12.0 Å². The summed E-state index contributed by atoms with van der Waals surface area (Å²) in [6, 6.07) is 26.1. The number of fused-ring (bicyclic) bond motifs is 2. The van der Waals surface area contributed by atoms with Crippen molar-refractivity contribution >= 4 is 22.7 Å². The molecule has 0 N–H and O–H groups in total. The van der Waals surface area contributed by atoms with Gasteiger partial charge in [-0.3, -0.25) is 9.59 Å². The number of piperidine rings is 1. The second-order valence-electron chi connectivity index (χ2n) is 11.2. The average Bonchev–Trinajstić information content (AvgIpc) is 3.33. The van der Waals surface area contributed by atoms with Crippen LogP contribution in [0.5, 0.6) is 0 Å². The van der Waals surface area contributed by atoms with Crippen molar-refractivity contribution in [2.24, 2.45) is 13.0 Å². The Kier molecular flexibility index (Phi) is 7.44. The van der Waals surface area contributed by atoms with Gasteiger partial charge in [-0.05, 0) is 48.4 Å². The van der Waals surface area contributed by atoms with Gasteiger partial charge in [-0.25, -0.2) is 0 Å². The normalized spacial score (nSPS) is 19.7. The van der Waals surface area contributed by atoms with E-state index in [2.05, 4.69) is 53.2 Å². The summed E-state index contributed by atoms with van der Waals surface area (Å²) in [6.45, 7) is 2.30. The molecule has 1 aromatic heterocycles. The van der Waals surface area contributed by atoms with Crippen molar-refractivity contribution in [3.8, 4) is 0 Å². The summed E-state index contributed by atoms with van der Waals surface area (Å²) in [4.78, 5) is 32.5. The first-order chi connectivity index (χ1) is 19.6. The highest BCUT2D eigenvalue weighted by atomic mass is 16.5. The van der Waals surface area contributed by atoms with E-state index in [4.69, 9.17) is 4.74 Å². The second-order valence-corrected chi connectivity index (χ2v) is 11.2. The molecule has 0 bridgehead atoms. The van der Waals surface area contributed by atoms with Gasteiger partial charge < -0.3 is 19.1 Å². The third-order valence-electron chi connectivity index (χ3n) is 8.78. The Hall–Kier alpha value is -3.90. The molecule has 6 nitrogen and oxygen atoms in total. The molecule has 6 heteroatoms. The summed E-state index contributed by atoms with van der Waals surface area (Å²) in [6.07, 6.45) is 5.12. The molecule has 3 heterocycles. The Bertz CT molecular complexity index is 1500. The molecule has 40 heavy (non-hydrogen) atoms. The lowest BCUT2D eigenvalue weighted by molar-refractivity contribution is -0.136. The van der Waals surface area contributed by atoms with E-state index in [-0.39, 0.29) is 11.8 Å². The Labute approximate surface area is 236 Å². The van der Waals surface area contributed by atoms with Gasteiger partial charge in [-0.1, -0.05) is 66.7 Å². The molecule has 1 fully saturated rings. The van der Waals surface area contributed by atoms with Crippen LogP contribution in [0.1, 0.15) is 51.8 Å². The van der Waals surface area contributed by atoms with Crippen molar-refractivity contribution in [3.63, 3.8) is 0 Å². The van der Waals surface area contributed by atoms with Crippen LogP contribution in [0.15, 0.2) is 85.1 Å². The molecule has 0 spiro atoms. The topological polar surface area (TPSA) is 54.8 Å². The number of rotatable bonds is 7. The molecule has 6 rings (SSSR count). The summed E-state index contributed by atoms with van der Waals surface area (Å²) >= 11 is 0. The lowest BCUT2D eigenvalue weighted by Crippen LogP contribution is -2.50. The number of amides is 2. The van der Waals surface area contributed by atoms with E-state index in [1.54, 1.807) is 7.11 Å². The lowest BCUT2D eigenvalue weighted by Gasteiger charge is -2.44. The van der Waals surface area contributed by atoms with E-state index in [9.17, 15) is 9.59 Å². The Morgan fingerprint density at radius 3 is 2.38 bits per heavy atom. The average molecular weight is 536 g/mol. The number of benzene rings is 3. The fourth-order valence-electron chi connectivity index (χ4n) is 6.75. The Balaban J connectivity index is 1.37. The SMILES string of the molecule is COCCN1C(=O)c2ccccc2C(C(=O)N2CCC(Cc3ccccc3)CC2)C1c1cn(C)c2ccccc12. The minimum atomic E-state index is -0.484. The zero-order chi connectivity index (χ0) is 27.6. The van der Waals surface area contributed by atoms with Crippen LogP contribution in [-0.4, -0.2) is 59.5 Å². The highest BCUT2D eigenvalue weighted by Crippen LogP contribution is 2.46. The maximum absolute atomic E-state index is 14.6. The van der Waals surface area contributed by atoms with Crippen molar-refractivity contribution in [3.05, 3.63) is 107 Å². The predicted molar refractivity (Wildman–Crippen MR) is 157 cm³/mol. The first-order valence-corrected chi connectivity index (χ1v) is 14.3. The van der Waals surface area contributed by atoms with Crippen LogP contribution >= 0.6 is 0 Å². The molecule has 4 aromatic rings. The van der Waals surface area contributed by atoms with E-state index in [0.717, 1.165) is 54.4 Å². The number of ether oxygens (including phenoxy) is 1. The largest absolute Gasteiger partial charge is 0.383 e. The number of likely N-dealkylation sites (tertiary alicyclic amines) is 1. The van der Waals surface area contributed by atoms with Crippen LogP contribution in [0.2, 0.25) is 0 Å². The third kappa shape index (κ3) is 4.81. The van der Waals surface area contributed by atoms with Crippen LogP contribution in [0, 0.1) is 5.92 Å². The fraction of sp³-hybridized carbons (Fsp3) is 0.353. The van der Waals surface area contributed by atoms with E-state index in [0.29, 0.717) is 24.6 Å². The summed E-state index contributed by atoms with van der Waals surface area (Å²) in [5.41, 5.74) is 4.90. The molecule has 1 saturated heterocycles. The van der Waals surface area contributed by atoms with E-state index >= 15 is 0 Å². The van der Waals surface area contributed by atoms with E-state index in [1.165, 1.54) is 5.56 Å². The summed E-state index contributed by atoms with van der Waals surface area (Å²) < 4.78 is 7.53.